The fourth-order valence-corrected chi connectivity index (χ4v) is 4.70. The van der Waals surface area contributed by atoms with Crippen LogP contribution in [0.2, 0.25) is 0 Å². The molecule has 0 saturated heterocycles. The van der Waals surface area contributed by atoms with Gasteiger partial charge in [-0.2, -0.15) is 10.1 Å². The number of nitrogens with zero attached hydrogens (tertiary/aromatic N) is 3. The minimum absolute atomic E-state index is 0.102. The topological polar surface area (TPSA) is 54.3 Å². The van der Waals surface area contributed by atoms with Gasteiger partial charge in [0, 0.05) is 6.42 Å². The van der Waals surface area contributed by atoms with Gasteiger partial charge in [-0.25, -0.2) is 9.40 Å². The summed E-state index contributed by atoms with van der Waals surface area (Å²) in [7, 11) is 1.64. The Kier molecular flexibility index (Phi) is 5.79. The molecule has 2 aliphatic heterocycles. The highest BCUT2D eigenvalue weighted by Gasteiger charge is 2.36. The highest BCUT2D eigenvalue weighted by molar-refractivity contribution is 8.18. The standard InChI is InChI=1S/C26H20FN3O2S/c1-32-21-13-9-19(10-14-21)23-16-22(18-5-3-2-4-6-18)29-30(23)26-28-25(31)24(33-26)15-17-7-11-20(27)12-8-17/h2-15,23H,16H2,1H3/b24-15-. The fraction of sp³-hybridized carbons (Fsp3) is 0.115. The van der Waals surface area contributed by atoms with E-state index in [4.69, 9.17) is 9.84 Å². The van der Waals surface area contributed by atoms with E-state index in [0.29, 0.717) is 16.5 Å². The normalized spacial score (nSPS) is 19.1. The van der Waals surface area contributed by atoms with Gasteiger partial charge in [-0.1, -0.05) is 54.6 Å². The van der Waals surface area contributed by atoms with Crippen molar-refractivity contribution in [1.29, 1.82) is 0 Å². The third-order valence-electron chi connectivity index (χ3n) is 5.49. The van der Waals surface area contributed by atoms with Crippen molar-refractivity contribution in [3.05, 3.63) is 106 Å². The molecule has 33 heavy (non-hydrogen) atoms. The number of thioether (sulfide) groups is 1. The Balaban J connectivity index is 1.47. The number of methoxy groups -OCH3 is 1. The average Bonchev–Trinajstić information content (AvgIpc) is 3.45. The molecule has 3 aromatic rings. The van der Waals surface area contributed by atoms with Gasteiger partial charge in [0.25, 0.3) is 5.91 Å². The second kappa shape index (κ2) is 9.03. The summed E-state index contributed by atoms with van der Waals surface area (Å²) >= 11 is 1.28. The lowest BCUT2D eigenvalue weighted by atomic mass is 9.98. The number of rotatable bonds is 4. The third kappa shape index (κ3) is 4.45. The second-order valence-corrected chi connectivity index (χ2v) is 8.62. The number of amidine groups is 1. The predicted molar refractivity (Wildman–Crippen MR) is 130 cm³/mol. The molecule has 0 spiro atoms. The van der Waals surface area contributed by atoms with Crippen LogP contribution < -0.4 is 4.74 Å². The van der Waals surface area contributed by atoms with Crippen LogP contribution in [-0.2, 0) is 4.79 Å². The van der Waals surface area contributed by atoms with Gasteiger partial charge in [0.1, 0.15) is 11.6 Å². The highest BCUT2D eigenvalue weighted by atomic mass is 32.2. The number of carbonyl (C=O) groups is 1. The Morgan fingerprint density at radius 3 is 2.45 bits per heavy atom. The molecule has 5 nitrogen and oxygen atoms in total. The quantitative estimate of drug-likeness (QED) is 0.475. The molecule has 5 rings (SSSR count). The van der Waals surface area contributed by atoms with Gasteiger partial charge in [0.05, 0.1) is 23.8 Å². The van der Waals surface area contributed by atoms with Crippen LogP contribution in [0.25, 0.3) is 6.08 Å². The summed E-state index contributed by atoms with van der Waals surface area (Å²) in [4.78, 5) is 17.4. The van der Waals surface area contributed by atoms with E-state index in [0.717, 1.165) is 28.2 Å². The molecule has 0 radical (unpaired) electrons. The van der Waals surface area contributed by atoms with E-state index >= 15 is 0 Å². The third-order valence-corrected chi connectivity index (χ3v) is 6.46. The van der Waals surface area contributed by atoms with E-state index in [1.165, 1.54) is 23.9 Å². The molecule has 0 bridgehead atoms. The first-order valence-electron chi connectivity index (χ1n) is 10.4. The molecule has 0 aromatic heterocycles. The van der Waals surface area contributed by atoms with Crippen molar-refractivity contribution in [2.75, 3.05) is 7.11 Å². The molecule has 1 atom stereocenters. The van der Waals surface area contributed by atoms with E-state index in [9.17, 15) is 9.18 Å². The molecule has 7 heteroatoms. The number of amides is 1. The molecular weight excluding hydrogens is 437 g/mol. The van der Waals surface area contributed by atoms with Gasteiger partial charge < -0.3 is 4.74 Å². The lowest BCUT2D eigenvalue weighted by molar-refractivity contribution is -0.113. The molecule has 0 saturated carbocycles. The number of benzene rings is 3. The van der Waals surface area contributed by atoms with Crippen LogP contribution in [0.15, 0.2) is 93.9 Å². The molecule has 2 heterocycles. The highest BCUT2D eigenvalue weighted by Crippen LogP contribution is 2.39. The van der Waals surface area contributed by atoms with Crippen LogP contribution in [0, 0.1) is 5.82 Å². The second-order valence-electron chi connectivity index (χ2n) is 7.61. The maximum absolute atomic E-state index is 13.2. The van der Waals surface area contributed by atoms with Gasteiger partial charge in [0.15, 0.2) is 5.17 Å². The summed E-state index contributed by atoms with van der Waals surface area (Å²) in [5, 5.41) is 7.23. The van der Waals surface area contributed by atoms with Crippen LogP contribution in [0.1, 0.15) is 29.2 Å². The predicted octanol–water partition coefficient (Wildman–Crippen LogP) is 5.66. The maximum atomic E-state index is 13.2. The van der Waals surface area contributed by atoms with Crippen LogP contribution in [-0.4, -0.2) is 28.9 Å². The van der Waals surface area contributed by atoms with Crippen LogP contribution in [0.4, 0.5) is 4.39 Å². The van der Waals surface area contributed by atoms with Crippen molar-refractivity contribution in [2.45, 2.75) is 12.5 Å². The number of hydrogen-bond acceptors (Lipinski definition) is 5. The van der Waals surface area contributed by atoms with Gasteiger partial charge >= 0.3 is 0 Å². The number of ether oxygens (including phenoxy) is 1. The molecule has 0 N–H and O–H groups in total. The first-order chi connectivity index (χ1) is 16.1. The van der Waals surface area contributed by atoms with E-state index in [1.54, 1.807) is 25.3 Å². The Labute approximate surface area is 195 Å². The minimum atomic E-state index is -0.323. The summed E-state index contributed by atoms with van der Waals surface area (Å²) in [5.74, 6) is 0.137. The van der Waals surface area contributed by atoms with E-state index in [2.05, 4.69) is 4.99 Å². The lowest BCUT2D eigenvalue weighted by Crippen LogP contribution is -2.23. The molecule has 164 valence electrons. The molecular formula is C26H20FN3O2S. The van der Waals surface area contributed by atoms with E-state index < -0.39 is 0 Å². The zero-order chi connectivity index (χ0) is 22.8. The fourth-order valence-electron chi connectivity index (χ4n) is 3.78. The summed E-state index contributed by atoms with van der Waals surface area (Å²) in [6, 6.07) is 23.8. The molecule has 2 aliphatic rings. The summed E-state index contributed by atoms with van der Waals surface area (Å²) < 4.78 is 18.5. The average molecular weight is 458 g/mol. The number of hydrazone groups is 1. The van der Waals surface area contributed by atoms with Crippen molar-refractivity contribution < 1.29 is 13.9 Å². The lowest BCUT2D eigenvalue weighted by Gasteiger charge is -2.22. The molecule has 3 aromatic carbocycles. The van der Waals surface area contributed by atoms with Gasteiger partial charge in [-0.05, 0) is 58.8 Å². The van der Waals surface area contributed by atoms with Crippen LogP contribution in [0.5, 0.6) is 5.75 Å². The van der Waals surface area contributed by atoms with Gasteiger partial charge in [-0.15, -0.1) is 0 Å². The minimum Gasteiger partial charge on any atom is -0.497 e. The van der Waals surface area contributed by atoms with Crippen LogP contribution in [0.3, 0.4) is 0 Å². The zero-order valence-corrected chi connectivity index (χ0v) is 18.6. The molecule has 0 aliphatic carbocycles. The number of hydrogen-bond donors (Lipinski definition) is 0. The summed E-state index contributed by atoms with van der Waals surface area (Å²) in [6.45, 7) is 0. The van der Waals surface area contributed by atoms with Crippen LogP contribution >= 0.6 is 11.8 Å². The Morgan fingerprint density at radius 2 is 1.76 bits per heavy atom. The Morgan fingerprint density at radius 1 is 1.03 bits per heavy atom. The number of aliphatic imine (C=N–C) groups is 1. The van der Waals surface area contributed by atoms with Crippen molar-refractivity contribution in [3.63, 3.8) is 0 Å². The maximum Gasteiger partial charge on any atom is 0.286 e. The summed E-state index contributed by atoms with van der Waals surface area (Å²) in [5.41, 5.74) is 3.76. The summed E-state index contributed by atoms with van der Waals surface area (Å²) in [6.07, 6.45) is 2.41. The number of halogens is 1. The molecule has 1 unspecified atom stereocenters. The molecule has 0 fully saturated rings. The van der Waals surface area contributed by atoms with Crippen molar-refractivity contribution >= 4 is 34.6 Å². The Hall–Kier alpha value is -3.71. The molecule has 1 amide bonds. The van der Waals surface area contributed by atoms with Crippen molar-refractivity contribution in [3.8, 4) is 5.75 Å². The zero-order valence-electron chi connectivity index (χ0n) is 17.8. The van der Waals surface area contributed by atoms with E-state index in [-0.39, 0.29) is 17.8 Å². The number of carbonyl (C=O) groups excluding carboxylic acids is 1. The largest absolute Gasteiger partial charge is 0.497 e. The SMILES string of the molecule is COc1ccc(C2CC(c3ccccc3)=NN2C2=NC(=O)/C(=C/c3ccc(F)cc3)S2)cc1. The van der Waals surface area contributed by atoms with Crippen molar-refractivity contribution in [1.82, 2.24) is 5.01 Å². The Bertz CT molecular complexity index is 1270. The smallest absolute Gasteiger partial charge is 0.286 e. The van der Waals surface area contributed by atoms with Crippen molar-refractivity contribution in [2.24, 2.45) is 10.1 Å². The van der Waals surface area contributed by atoms with Gasteiger partial charge in [-0.3, -0.25) is 4.79 Å². The first kappa shape index (κ1) is 21.2. The van der Waals surface area contributed by atoms with E-state index in [1.807, 2.05) is 59.6 Å². The monoisotopic (exact) mass is 457 g/mol. The van der Waals surface area contributed by atoms with Gasteiger partial charge in [0.2, 0.25) is 0 Å². The first-order valence-corrected chi connectivity index (χ1v) is 11.3.